The topological polar surface area (TPSA) is 105 Å². The molecule has 2 heterocycles. The number of hydrogen-bond acceptors (Lipinski definition) is 6. The predicted molar refractivity (Wildman–Crippen MR) is 120 cm³/mol. The van der Waals surface area contributed by atoms with E-state index in [1.807, 2.05) is 60.7 Å². The van der Waals surface area contributed by atoms with Gasteiger partial charge >= 0.3 is 12.0 Å². The number of carbonyl (C=O) groups excluding carboxylic acids is 3. The zero-order chi connectivity index (χ0) is 23.0. The van der Waals surface area contributed by atoms with E-state index in [1.165, 1.54) is 6.26 Å². The predicted octanol–water partition coefficient (Wildman–Crippen LogP) is 2.80. The first-order valence-electron chi connectivity index (χ1n) is 10.6. The maximum atomic E-state index is 12.4. The maximum absolute atomic E-state index is 12.4. The van der Waals surface area contributed by atoms with Crippen LogP contribution in [0.3, 0.4) is 0 Å². The number of nitrogens with zero attached hydrogens (tertiary/aromatic N) is 3. The molecule has 0 atom stereocenters. The van der Waals surface area contributed by atoms with Gasteiger partial charge in [0.15, 0.2) is 6.61 Å². The van der Waals surface area contributed by atoms with Crippen molar-refractivity contribution in [2.24, 2.45) is 0 Å². The SMILES string of the molecule is O=C(Cc1coc(-c2ccccc2)n1)OCC(=O)N1CCN(C(=O)Nc2ccccc2)CC1. The number of carbonyl (C=O) groups is 3. The summed E-state index contributed by atoms with van der Waals surface area (Å²) in [5.74, 6) is -0.433. The van der Waals surface area contributed by atoms with Crippen LogP contribution in [0.25, 0.3) is 11.5 Å². The van der Waals surface area contributed by atoms with Crippen LogP contribution in [0.5, 0.6) is 0 Å². The molecule has 0 bridgehead atoms. The normalized spacial score (nSPS) is 13.5. The Morgan fingerprint density at radius 2 is 1.55 bits per heavy atom. The van der Waals surface area contributed by atoms with Crippen molar-refractivity contribution in [1.82, 2.24) is 14.8 Å². The summed E-state index contributed by atoms with van der Waals surface area (Å²) in [6.45, 7) is 1.21. The molecule has 9 nitrogen and oxygen atoms in total. The molecule has 3 aromatic rings. The molecule has 0 saturated carbocycles. The molecule has 1 N–H and O–H groups in total. The van der Waals surface area contributed by atoms with Gasteiger partial charge in [0, 0.05) is 37.4 Å². The summed E-state index contributed by atoms with van der Waals surface area (Å²) in [5, 5.41) is 2.83. The van der Waals surface area contributed by atoms with Crippen molar-refractivity contribution in [3.63, 3.8) is 0 Å². The van der Waals surface area contributed by atoms with Crippen LogP contribution in [0, 0.1) is 0 Å². The average molecular weight is 448 g/mol. The first-order chi connectivity index (χ1) is 16.1. The molecule has 0 aliphatic carbocycles. The van der Waals surface area contributed by atoms with Crippen LogP contribution in [-0.4, -0.2) is 65.5 Å². The number of hydrogen-bond donors (Lipinski definition) is 1. The summed E-state index contributed by atoms with van der Waals surface area (Å²) < 4.78 is 10.5. The number of piperazine rings is 1. The van der Waals surface area contributed by atoms with Crippen LogP contribution < -0.4 is 5.32 Å². The molecule has 0 unspecified atom stereocenters. The molecule has 1 aliphatic heterocycles. The van der Waals surface area contributed by atoms with E-state index in [-0.39, 0.29) is 25.0 Å². The molecule has 1 fully saturated rings. The Labute approximate surface area is 191 Å². The number of aromatic nitrogens is 1. The number of para-hydroxylation sites is 1. The molecular weight excluding hydrogens is 424 g/mol. The third kappa shape index (κ3) is 5.97. The fourth-order valence-electron chi connectivity index (χ4n) is 3.42. The zero-order valence-corrected chi connectivity index (χ0v) is 18.0. The van der Waals surface area contributed by atoms with Crippen LogP contribution in [0.2, 0.25) is 0 Å². The summed E-state index contributed by atoms with van der Waals surface area (Å²) in [6.07, 6.45) is 1.32. The molecular formula is C24H24N4O5. The third-order valence-electron chi connectivity index (χ3n) is 5.20. The lowest BCUT2D eigenvalue weighted by atomic mass is 10.2. The van der Waals surface area contributed by atoms with Crippen molar-refractivity contribution in [2.75, 3.05) is 38.1 Å². The van der Waals surface area contributed by atoms with Gasteiger partial charge in [-0.2, -0.15) is 0 Å². The summed E-state index contributed by atoms with van der Waals surface area (Å²) in [6, 6.07) is 18.3. The number of anilines is 1. The lowest BCUT2D eigenvalue weighted by Crippen LogP contribution is -2.52. The molecule has 170 valence electrons. The highest BCUT2D eigenvalue weighted by Crippen LogP contribution is 2.18. The van der Waals surface area contributed by atoms with Gasteiger partial charge in [0.2, 0.25) is 5.89 Å². The number of benzene rings is 2. The molecule has 1 saturated heterocycles. The van der Waals surface area contributed by atoms with Gasteiger partial charge in [-0.05, 0) is 24.3 Å². The Hall–Kier alpha value is -4.14. The highest BCUT2D eigenvalue weighted by atomic mass is 16.5. The van der Waals surface area contributed by atoms with E-state index in [2.05, 4.69) is 10.3 Å². The van der Waals surface area contributed by atoms with E-state index in [0.29, 0.717) is 37.8 Å². The van der Waals surface area contributed by atoms with E-state index in [9.17, 15) is 14.4 Å². The molecule has 1 aromatic heterocycles. The van der Waals surface area contributed by atoms with Crippen molar-refractivity contribution in [1.29, 1.82) is 0 Å². The number of nitrogens with one attached hydrogen (secondary N) is 1. The van der Waals surface area contributed by atoms with Crippen LogP contribution in [-0.2, 0) is 20.7 Å². The second kappa shape index (κ2) is 10.4. The highest BCUT2D eigenvalue weighted by molar-refractivity contribution is 5.89. The zero-order valence-electron chi connectivity index (χ0n) is 18.0. The van der Waals surface area contributed by atoms with Crippen molar-refractivity contribution in [3.8, 4) is 11.5 Å². The minimum absolute atomic E-state index is 0.0863. The Kier molecular flexibility index (Phi) is 6.99. The van der Waals surface area contributed by atoms with Gasteiger partial charge in [-0.1, -0.05) is 36.4 Å². The lowest BCUT2D eigenvalue weighted by Gasteiger charge is -2.34. The molecule has 3 amide bonds. The number of oxazole rings is 1. The Morgan fingerprint density at radius 3 is 2.24 bits per heavy atom. The van der Waals surface area contributed by atoms with Gasteiger partial charge < -0.3 is 24.3 Å². The van der Waals surface area contributed by atoms with Crippen molar-refractivity contribution in [3.05, 3.63) is 72.6 Å². The van der Waals surface area contributed by atoms with Crippen molar-refractivity contribution >= 4 is 23.6 Å². The van der Waals surface area contributed by atoms with E-state index >= 15 is 0 Å². The minimum Gasteiger partial charge on any atom is -0.455 e. The summed E-state index contributed by atoms with van der Waals surface area (Å²) in [5.41, 5.74) is 1.96. The Morgan fingerprint density at radius 1 is 0.909 bits per heavy atom. The van der Waals surface area contributed by atoms with Crippen molar-refractivity contribution < 1.29 is 23.5 Å². The number of esters is 1. The van der Waals surface area contributed by atoms with E-state index < -0.39 is 5.97 Å². The number of rotatable bonds is 6. The average Bonchev–Trinajstić information content (AvgIpc) is 3.32. The molecule has 9 heteroatoms. The third-order valence-corrected chi connectivity index (χ3v) is 5.20. The van der Waals surface area contributed by atoms with Crippen LogP contribution in [0.4, 0.5) is 10.5 Å². The van der Waals surface area contributed by atoms with E-state index in [0.717, 1.165) is 11.3 Å². The fraction of sp³-hybridized carbons (Fsp3) is 0.250. The Bertz CT molecular complexity index is 1090. The summed E-state index contributed by atoms with van der Waals surface area (Å²) >= 11 is 0. The molecule has 1 aliphatic rings. The number of ether oxygens (including phenoxy) is 1. The molecule has 4 rings (SSSR count). The largest absolute Gasteiger partial charge is 0.455 e. The second-order valence-electron chi connectivity index (χ2n) is 7.51. The van der Waals surface area contributed by atoms with Gasteiger partial charge in [0.25, 0.3) is 5.91 Å². The Balaban J connectivity index is 1.18. The van der Waals surface area contributed by atoms with Crippen LogP contribution >= 0.6 is 0 Å². The first kappa shape index (κ1) is 22.1. The fourth-order valence-corrected chi connectivity index (χ4v) is 3.42. The van der Waals surface area contributed by atoms with Crippen LogP contribution in [0.1, 0.15) is 5.69 Å². The standard InChI is InChI=1S/C24H24N4O5/c29-21(27-11-13-28(14-12-27)24(31)26-19-9-5-2-6-10-19)17-32-22(30)15-20-16-33-23(25-20)18-7-3-1-4-8-18/h1-10,16H,11-15,17H2,(H,26,31). The van der Waals surface area contributed by atoms with Crippen molar-refractivity contribution in [2.45, 2.75) is 6.42 Å². The van der Waals surface area contributed by atoms with Gasteiger partial charge in [-0.15, -0.1) is 0 Å². The second-order valence-corrected chi connectivity index (χ2v) is 7.51. The summed E-state index contributed by atoms with van der Waals surface area (Å²) in [7, 11) is 0. The van der Waals surface area contributed by atoms with Crippen LogP contribution in [0.15, 0.2) is 71.3 Å². The molecule has 0 spiro atoms. The minimum atomic E-state index is -0.558. The van der Waals surface area contributed by atoms with Gasteiger partial charge in [0.1, 0.15) is 6.26 Å². The first-order valence-corrected chi connectivity index (χ1v) is 10.6. The number of amides is 3. The quantitative estimate of drug-likeness (QED) is 0.582. The monoisotopic (exact) mass is 448 g/mol. The summed E-state index contributed by atoms with van der Waals surface area (Å²) in [4.78, 5) is 44.4. The smallest absolute Gasteiger partial charge is 0.321 e. The van der Waals surface area contributed by atoms with Gasteiger partial charge in [0.05, 0.1) is 12.1 Å². The molecule has 2 aromatic carbocycles. The van der Waals surface area contributed by atoms with Gasteiger partial charge in [-0.3, -0.25) is 9.59 Å². The van der Waals surface area contributed by atoms with E-state index in [1.54, 1.807) is 9.80 Å². The lowest BCUT2D eigenvalue weighted by molar-refractivity contribution is -0.152. The highest BCUT2D eigenvalue weighted by Gasteiger charge is 2.25. The number of urea groups is 1. The molecule has 0 radical (unpaired) electrons. The molecule has 33 heavy (non-hydrogen) atoms. The van der Waals surface area contributed by atoms with E-state index in [4.69, 9.17) is 9.15 Å². The maximum Gasteiger partial charge on any atom is 0.321 e. The van der Waals surface area contributed by atoms with Gasteiger partial charge in [-0.25, -0.2) is 9.78 Å².